The normalized spacial score (nSPS) is 11.1. The number of benzene rings is 2. The molecule has 0 aliphatic carbocycles. The van der Waals surface area contributed by atoms with Gasteiger partial charge in [0.25, 0.3) is 0 Å². The van der Waals surface area contributed by atoms with Gasteiger partial charge in [-0.2, -0.15) is 5.10 Å². The van der Waals surface area contributed by atoms with Gasteiger partial charge >= 0.3 is 0 Å². The Kier molecular flexibility index (Phi) is 5.08. The van der Waals surface area contributed by atoms with E-state index in [9.17, 15) is 4.39 Å². The number of aromatic nitrogens is 2. The van der Waals surface area contributed by atoms with Gasteiger partial charge in [-0.1, -0.05) is 30.3 Å². The van der Waals surface area contributed by atoms with Gasteiger partial charge in [0.05, 0.1) is 23.5 Å². The molecule has 0 atom stereocenters. The SMILES string of the molecule is Cc1nn(-c2ccccc2)c(C)c1CNCc1ccc(-c2ccccc2F)o1. The van der Waals surface area contributed by atoms with E-state index in [2.05, 4.69) is 17.3 Å². The zero-order valence-electron chi connectivity index (χ0n) is 15.9. The van der Waals surface area contributed by atoms with Crippen molar-refractivity contribution in [2.75, 3.05) is 0 Å². The molecular weight excluding hydrogens is 353 g/mol. The van der Waals surface area contributed by atoms with Crippen LogP contribution in [0.15, 0.2) is 71.1 Å². The minimum absolute atomic E-state index is 0.282. The molecule has 5 heteroatoms. The second-order valence-corrected chi connectivity index (χ2v) is 6.75. The predicted molar refractivity (Wildman–Crippen MR) is 108 cm³/mol. The Bertz CT molecular complexity index is 1080. The molecule has 4 rings (SSSR count). The Hall–Kier alpha value is -3.18. The van der Waals surface area contributed by atoms with Gasteiger partial charge < -0.3 is 9.73 Å². The highest BCUT2D eigenvalue weighted by Gasteiger charge is 2.13. The molecule has 0 fully saturated rings. The zero-order chi connectivity index (χ0) is 19.5. The molecule has 4 aromatic rings. The van der Waals surface area contributed by atoms with Crippen molar-refractivity contribution in [2.45, 2.75) is 26.9 Å². The molecule has 0 saturated carbocycles. The van der Waals surface area contributed by atoms with Crippen LogP contribution in [0.2, 0.25) is 0 Å². The maximum Gasteiger partial charge on any atom is 0.137 e. The Morgan fingerprint density at radius 2 is 1.68 bits per heavy atom. The second-order valence-electron chi connectivity index (χ2n) is 6.75. The van der Waals surface area contributed by atoms with Crippen LogP contribution in [-0.2, 0) is 13.1 Å². The van der Waals surface area contributed by atoms with E-state index >= 15 is 0 Å². The van der Waals surface area contributed by atoms with Crippen molar-refractivity contribution < 1.29 is 8.81 Å². The maximum atomic E-state index is 13.9. The van der Waals surface area contributed by atoms with Crippen LogP contribution in [0.4, 0.5) is 4.39 Å². The summed E-state index contributed by atoms with van der Waals surface area (Å²) in [4.78, 5) is 0. The average molecular weight is 375 g/mol. The number of halogens is 1. The summed E-state index contributed by atoms with van der Waals surface area (Å²) in [6, 6.07) is 20.4. The van der Waals surface area contributed by atoms with Crippen molar-refractivity contribution >= 4 is 0 Å². The van der Waals surface area contributed by atoms with Crippen LogP contribution in [0.1, 0.15) is 22.7 Å². The second kappa shape index (κ2) is 7.82. The number of hydrogen-bond acceptors (Lipinski definition) is 3. The molecule has 0 aliphatic rings. The standard InChI is InChI=1S/C23H22FN3O/c1-16-21(17(2)27(26-16)18-8-4-3-5-9-18)15-25-14-19-12-13-23(28-19)20-10-6-7-11-22(20)24/h3-13,25H,14-15H2,1-2H3. The van der Waals surface area contributed by atoms with Gasteiger partial charge in [0.15, 0.2) is 0 Å². The van der Waals surface area contributed by atoms with Crippen LogP contribution < -0.4 is 5.32 Å². The molecule has 4 nitrogen and oxygen atoms in total. The first-order valence-corrected chi connectivity index (χ1v) is 9.28. The lowest BCUT2D eigenvalue weighted by molar-refractivity contribution is 0.490. The summed E-state index contributed by atoms with van der Waals surface area (Å²) in [5.74, 6) is 1.03. The summed E-state index contributed by atoms with van der Waals surface area (Å²) in [6.07, 6.45) is 0. The third kappa shape index (κ3) is 3.62. The minimum Gasteiger partial charge on any atom is -0.460 e. The third-order valence-electron chi connectivity index (χ3n) is 4.84. The summed E-state index contributed by atoms with van der Waals surface area (Å²) >= 11 is 0. The van der Waals surface area contributed by atoms with E-state index in [1.165, 1.54) is 11.6 Å². The summed E-state index contributed by atoms with van der Waals surface area (Å²) in [6.45, 7) is 5.34. The van der Waals surface area contributed by atoms with E-state index in [0.29, 0.717) is 24.4 Å². The number of nitrogens with zero attached hydrogens (tertiary/aromatic N) is 2. The van der Waals surface area contributed by atoms with Gasteiger partial charge in [-0.05, 0) is 50.2 Å². The van der Waals surface area contributed by atoms with Crippen LogP contribution in [0.25, 0.3) is 17.0 Å². The smallest absolute Gasteiger partial charge is 0.137 e. The van der Waals surface area contributed by atoms with Gasteiger partial charge in [-0.15, -0.1) is 0 Å². The number of aryl methyl sites for hydroxylation is 1. The molecular formula is C23H22FN3O. The summed E-state index contributed by atoms with van der Waals surface area (Å²) in [5, 5.41) is 8.07. The topological polar surface area (TPSA) is 43.0 Å². The van der Waals surface area contributed by atoms with Crippen LogP contribution in [0.5, 0.6) is 0 Å². The highest BCUT2D eigenvalue weighted by molar-refractivity contribution is 5.58. The lowest BCUT2D eigenvalue weighted by Gasteiger charge is -2.06. The zero-order valence-corrected chi connectivity index (χ0v) is 15.9. The molecule has 2 aromatic heterocycles. The van der Waals surface area contributed by atoms with Crippen molar-refractivity contribution in [3.8, 4) is 17.0 Å². The quantitative estimate of drug-likeness (QED) is 0.505. The molecule has 0 spiro atoms. The van der Waals surface area contributed by atoms with Gasteiger partial charge in [0.2, 0.25) is 0 Å². The lowest BCUT2D eigenvalue weighted by atomic mass is 10.1. The molecule has 1 N–H and O–H groups in total. The first-order chi connectivity index (χ1) is 13.6. The highest BCUT2D eigenvalue weighted by atomic mass is 19.1. The number of para-hydroxylation sites is 1. The summed E-state index contributed by atoms with van der Waals surface area (Å²) in [5.41, 5.74) is 4.81. The number of hydrogen-bond donors (Lipinski definition) is 1. The predicted octanol–water partition coefficient (Wildman–Crippen LogP) is 5.18. The molecule has 142 valence electrons. The van der Waals surface area contributed by atoms with Crippen LogP contribution in [0, 0.1) is 19.7 Å². The van der Waals surface area contributed by atoms with E-state index in [1.54, 1.807) is 24.3 Å². The summed E-state index contributed by atoms with van der Waals surface area (Å²) in [7, 11) is 0. The van der Waals surface area contributed by atoms with Crippen molar-refractivity contribution in [3.63, 3.8) is 0 Å². The monoisotopic (exact) mass is 375 g/mol. The fraction of sp³-hybridized carbons (Fsp3) is 0.174. The first kappa shape index (κ1) is 18.2. The van der Waals surface area contributed by atoms with Gasteiger partial charge in [0, 0.05) is 17.8 Å². The van der Waals surface area contributed by atoms with Gasteiger partial charge in [0.1, 0.15) is 17.3 Å². The number of nitrogens with one attached hydrogen (secondary N) is 1. The molecule has 0 amide bonds. The number of furan rings is 1. The molecule has 2 heterocycles. The Morgan fingerprint density at radius 3 is 2.46 bits per heavy atom. The van der Waals surface area contributed by atoms with Gasteiger partial charge in [-0.25, -0.2) is 9.07 Å². The largest absolute Gasteiger partial charge is 0.460 e. The van der Waals surface area contributed by atoms with E-state index in [4.69, 9.17) is 4.42 Å². The lowest BCUT2D eigenvalue weighted by Crippen LogP contribution is -2.13. The molecule has 0 saturated heterocycles. The Labute approximate surface area is 163 Å². The van der Waals surface area contributed by atoms with E-state index < -0.39 is 0 Å². The number of rotatable bonds is 6. The van der Waals surface area contributed by atoms with Gasteiger partial charge in [-0.3, -0.25) is 0 Å². The van der Waals surface area contributed by atoms with E-state index in [1.807, 2.05) is 48.0 Å². The van der Waals surface area contributed by atoms with Crippen molar-refractivity contribution in [3.05, 3.63) is 95.3 Å². The highest BCUT2D eigenvalue weighted by Crippen LogP contribution is 2.25. The Morgan fingerprint density at radius 1 is 0.929 bits per heavy atom. The average Bonchev–Trinajstić information content (AvgIpc) is 3.29. The molecule has 0 aliphatic heterocycles. The van der Waals surface area contributed by atoms with E-state index in [-0.39, 0.29) is 5.82 Å². The molecule has 0 bridgehead atoms. The van der Waals surface area contributed by atoms with Crippen molar-refractivity contribution in [1.82, 2.24) is 15.1 Å². The molecule has 2 aromatic carbocycles. The van der Waals surface area contributed by atoms with Crippen molar-refractivity contribution in [2.24, 2.45) is 0 Å². The van der Waals surface area contributed by atoms with E-state index in [0.717, 1.165) is 22.8 Å². The van der Waals surface area contributed by atoms with Crippen LogP contribution in [-0.4, -0.2) is 9.78 Å². The van der Waals surface area contributed by atoms with Crippen LogP contribution in [0.3, 0.4) is 0 Å². The minimum atomic E-state index is -0.282. The molecule has 28 heavy (non-hydrogen) atoms. The third-order valence-corrected chi connectivity index (χ3v) is 4.84. The molecule has 0 radical (unpaired) electrons. The maximum absolute atomic E-state index is 13.9. The Balaban J connectivity index is 1.44. The fourth-order valence-corrected chi connectivity index (χ4v) is 3.34. The van der Waals surface area contributed by atoms with Crippen molar-refractivity contribution in [1.29, 1.82) is 0 Å². The molecule has 0 unspecified atom stereocenters. The van der Waals surface area contributed by atoms with Crippen LogP contribution >= 0.6 is 0 Å². The summed E-state index contributed by atoms with van der Waals surface area (Å²) < 4.78 is 21.7. The first-order valence-electron chi connectivity index (χ1n) is 9.28. The fourth-order valence-electron chi connectivity index (χ4n) is 3.34.